The predicted octanol–water partition coefficient (Wildman–Crippen LogP) is 5.26. The highest BCUT2D eigenvalue weighted by Crippen LogP contribution is 2.43. The van der Waals surface area contributed by atoms with Crippen molar-refractivity contribution in [3.05, 3.63) is 72.7 Å². The molecular formula is C28H31N5OS. The average molecular weight is 486 g/mol. The van der Waals surface area contributed by atoms with E-state index in [1.54, 1.807) is 6.33 Å². The summed E-state index contributed by atoms with van der Waals surface area (Å²) in [7, 11) is 0. The maximum atomic E-state index is 6.39. The Morgan fingerprint density at radius 1 is 1.00 bits per heavy atom. The third-order valence-electron chi connectivity index (χ3n) is 7.26. The van der Waals surface area contributed by atoms with Gasteiger partial charge in [-0.2, -0.15) is 11.8 Å². The molecule has 2 aliphatic rings. The summed E-state index contributed by atoms with van der Waals surface area (Å²) in [6, 6.07) is 18.9. The number of fused-ring (bicyclic) bond motifs is 1. The Kier molecular flexibility index (Phi) is 6.35. The van der Waals surface area contributed by atoms with Crippen molar-refractivity contribution < 1.29 is 4.74 Å². The van der Waals surface area contributed by atoms with Crippen LogP contribution >= 0.6 is 11.8 Å². The van der Waals surface area contributed by atoms with Gasteiger partial charge in [0.15, 0.2) is 0 Å². The Bertz CT molecular complexity index is 1300. The van der Waals surface area contributed by atoms with Gasteiger partial charge in [-0.25, -0.2) is 9.97 Å². The van der Waals surface area contributed by atoms with Crippen LogP contribution in [-0.2, 0) is 6.61 Å². The first-order valence-electron chi connectivity index (χ1n) is 12.4. The topological polar surface area (TPSA) is 69.2 Å². The number of rotatable bonds is 7. The molecule has 1 saturated heterocycles. The fourth-order valence-electron chi connectivity index (χ4n) is 5.33. The molecule has 6 rings (SSSR count). The van der Waals surface area contributed by atoms with Gasteiger partial charge in [0.25, 0.3) is 0 Å². The lowest BCUT2D eigenvalue weighted by Crippen LogP contribution is -2.40. The minimum Gasteiger partial charge on any atom is -0.489 e. The highest BCUT2D eigenvalue weighted by molar-refractivity contribution is 7.99. The number of anilines is 1. The van der Waals surface area contributed by atoms with Crippen LogP contribution in [0.3, 0.4) is 0 Å². The van der Waals surface area contributed by atoms with E-state index in [9.17, 15) is 0 Å². The summed E-state index contributed by atoms with van der Waals surface area (Å²) in [6.07, 6.45) is 6.19. The number of hydrogen-bond acceptors (Lipinski definition) is 6. The van der Waals surface area contributed by atoms with Gasteiger partial charge in [0.1, 0.15) is 30.1 Å². The van der Waals surface area contributed by atoms with Crippen molar-refractivity contribution in [1.29, 1.82) is 0 Å². The maximum Gasteiger partial charge on any atom is 0.146 e. The van der Waals surface area contributed by atoms with Crippen molar-refractivity contribution in [1.82, 2.24) is 19.4 Å². The second kappa shape index (κ2) is 9.91. The SMILES string of the molecule is Nc1ncnc2c1c(-c1cccc(OCc3ccccc3)c1)cn2[C@H]1C[C@@H](CN2CCSCC2)C1. The lowest BCUT2D eigenvalue weighted by atomic mass is 9.79. The molecule has 6 nitrogen and oxygen atoms in total. The van der Waals surface area contributed by atoms with Gasteiger partial charge in [0.2, 0.25) is 0 Å². The molecule has 180 valence electrons. The van der Waals surface area contributed by atoms with Crippen LogP contribution in [0.25, 0.3) is 22.2 Å². The molecular weight excluding hydrogens is 454 g/mol. The van der Waals surface area contributed by atoms with E-state index >= 15 is 0 Å². The predicted molar refractivity (Wildman–Crippen MR) is 144 cm³/mol. The second-order valence-corrected chi connectivity index (χ2v) is 10.8. The summed E-state index contributed by atoms with van der Waals surface area (Å²) in [4.78, 5) is 11.6. The number of benzene rings is 2. The molecule has 0 atom stereocenters. The van der Waals surface area contributed by atoms with E-state index in [0.29, 0.717) is 18.5 Å². The summed E-state index contributed by atoms with van der Waals surface area (Å²) >= 11 is 2.07. The van der Waals surface area contributed by atoms with E-state index in [-0.39, 0.29) is 0 Å². The number of aromatic nitrogens is 3. The number of nitrogens with two attached hydrogens (primary N) is 1. The Morgan fingerprint density at radius 2 is 1.83 bits per heavy atom. The molecule has 2 aromatic carbocycles. The first-order chi connectivity index (χ1) is 17.2. The average Bonchev–Trinajstić information content (AvgIpc) is 3.27. The fourth-order valence-corrected chi connectivity index (χ4v) is 6.30. The van der Waals surface area contributed by atoms with Gasteiger partial charge in [-0.1, -0.05) is 42.5 Å². The van der Waals surface area contributed by atoms with Gasteiger partial charge in [0.05, 0.1) is 5.39 Å². The Balaban J connectivity index is 1.23. The lowest BCUT2D eigenvalue weighted by molar-refractivity contribution is 0.137. The van der Waals surface area contributed by atoms with Crippen LogP contribution in [0.4, 0.5) is 5.82 Å². The van der Waals surface area contributed by atoms with Gasteiger partial charge in [0, 0.05) is 48.9 Å². The smallest absolute Gasteiger partial charge is 0.146 e. The van der Waals surface area contributed by atoms with Crippen molar-refractivity contribution in [2.24, 2.45) is 5.92 Å². The molecule has 3 heterocycles. The molecule has 1 saturated carbocycles. The van der Waals surface area contributed by atoms with E-state index < -0.39 is 0 Å². The summed E-state index contributed by atoms with van der Waals surface area (Å²) in [5, 5.41) is 0.934. The summed E-state index contributed by atoms with van der Waals surface area (Å²) in [6.45, 7) is 4.22. The minimum atomic E-state index is 0.460. The molecule has 1 aliphatic heterocycles. The minimum absolute atomic E-state index is 0.460. The Morgan fingerprint density at radius 3 is 2.66 bits per heavy atom. The molecule has 7 heteroatoms. The molecule has 4 aromatic rings. The van der Waals surface area contributed by atoms with Gasteiger partial charge in [-0.3, -0.25) is 0 Å². The first-order valence-corrected chi connectivity index (χ1v) is 13.6. The van der Waals surface area contributed by atoms with E-state index in [4.69, 9.17) is 10.5 Å². The van der Waals surface area contributed by atoms with Crippen molar-refractivity contribution in [3.8, 4) is 16.9 Å². The lowest BCUT2D eigenvalue weighted by Gasteiger charge is -2.40. The third-order valence-corrected chi connectivity index (χ3v) is 8.20. The van der Waals surface area contributed by atoms with E-state index in [1.807, 2.05) is 30.3 Å². The maximum absolute atomic E-state index is 6.39. The summed E-state index contributed by atoms with van der Waals surface area (Å²) in [5.41, 5.74) is 10.6. The number of nitrogens with zero attached hydrogens (tertiary/aromatic N) is 4. The molecule has 2 N–H and O–H groups in total. The van der Waals surface area contributed by atoms with E-state index in [2.05, 4.69) is 61.7 Å². The molecule has 0 spiro atoms. The number of nitrogen functional groups attached to an aromatic ring is 1. The molecule has 0 radical (unpaired) electrons. The van der Waals surface area contributed by atoms with Crippen LogP contribution in [0, 0.1) is 5.92 Å². The van der Waals surface area contributed by atoms with Gasteiger partial charge < -0.3 is 19.9 Å². The largest absolute Gasteiger partial charge is 0.489 e. The van der Waals surface area contributed by atoms with Crippen LogP contribution in [0.15, 0.2) is 67.1 Å². The number of hydrogen-bond donors (Lipinski definition) is 1. The van der Waals surface area contributed by atoms with Gasteiger partial charge in [-0.15, -0.1) is 0 Å². The molecule has 0 amide bonds. The van der Waals surface area contributed by atoms with Gasteiger partial charge >= 0.3 is 0 Å². The first kappa shape index (κ1) is 22.4. The third kappa shape index (κ3) is 4.75. The van der Waals surface area contributed by atoms with Gasteiger partial charge in [-0.05, 0) is 42.0 Å². The quantitative estimate of drug-likeness (QED) is 0.385. The molecule has 0 unspecified atom stereocenters. The molecule has 2 aromatic heterocycles. The standard InChI is InChI=1S/C28H31N5OS/c29-27-26-25(22-7-4-8-24(15-22)34-18-20-5-2-1-3-6-20)17-33(28(26)31-19-30-27)23-13-21(14-23)16-32-9-11-35-12-10-32/h1-8,15,17,19,21,23H,9-14,16,18H2,(H2,29,30,31)/t21-,23+. The van der Waals surface area contributed by atoms with Crippen LogP contribution < -0.4 is 10.5 Å². The normalized spacial score (nSPS) is 20.6. The zero-order chi connectivity index (χ0) is 23.6. The summed E-state index contributed by atoms with van der Waals surface area (Å²) < 4.78 is 8.43. The van der Waals surface area contributed by atoms with Crippen molar-refractivity contribution in [3.63, 3.8) is 0 Å². The Labute approximate surface area is 210 Å². The fraction of sp³-hybridized carbons (Fsp3) is 0.357. The highest BCUT2D eigenvalue weighted by atomic mass is 32.2. The number of ether oxygens (including phenoxy) is 1. The van der Waals surface area contributed by atoms with Crippen LogP contribution in [0.5, 0.6) is 5.75 Å². The number of thioether (sulfide) groups is 1. The van der Waals surface area contributed by atoms with E-state index in [1.165, 1.54) is 44.0 Å². The second-order valence-electron chi connectivity index (χ2n) is 9.61. The molecule has 35 heavy (non-hydrogen) atoms. The van der Waals surface area contributed by atoms with Crippen LogP contribution in [0.1, 0.15) is 24.4 Å². The zero-order valence-electron chi connectivity index (χ0n) is 19.8. The van der Waals surface area contributed by atoms with Crippen molar-refractivity contribution >= 4 is 28.6 Å². The van der Waals surface area contributed by atoms with Crippen molar-refractivity contribution in [2.75, 3.05) is 36.9 Å². The van der Waals surface area contributed by atoms with Crippen molar-refractivity contribution in [2.45, 2.75) is 25.5 Å². The molecule has 2 fully saturated rings. The van der Waals surface area contributed by atoms with Crippen LogP contribution in [0.2, 0.25) is 0 Å². The zero-order valence-corrected chi connectivity index (χ0v) is 20.7. The Hall–Kier alpha value is -3.03. The van der Waals surface area contributed by atoms with E-state index in [0.717, 1.165) is 39.4 Å². The molecule has 0 bridgehead atoms. The highest BCUT2D eigenvalue weighted by Gasteiger charge is 2.33. The molecule has 1 aliphatic carbocycles. The summed E-state index contributed by atoms with van der Waals surface area (Å²) in [5.74, 6) is 4.67. The van der Waals surface area contributed by atoms with Crippen LogP contribution in [-0.4, -0.2) is 50.6 Å². The monoisotopic (exact) mass is 485 g/mol.